The summed E-state index contributed by atoms with van der Waals surface area (Å²) in [5.74, 6) is -0.134. The van der Waals surface area contributed by atoms with Crippen LogP contribution in [-0.4, -0.2) is 39.7 Å². The number of rotatable bonds is 7. The molecular weight excluding hydrogens is 370 g/mol. The SMILES string of the molecule is Cc1c(CCC(=O)NCc2ccccc2CN(C)C)c(=O)[nH]c2c1c(=O)[nH]n2C. The van der Waals surface area contributed by atoms with Gasteiger partial charge >= 0.3 is 0 Å². The van der Waals surface area contributed by atoms with Crippen molar-refractivity contribution in [3.8, 4) is 0 Å². The summed E-state index contributed by atoms with van der Waals surface area (Å²) in [4.78, 5) is 41.7. The van der Waals surface area contributed by atoms with Gasteiger partial charge in [0.25, 0.3) is 11.1 Å². The van der Waals surface area contributed by atoms with Crippen molar-refractivity contribution in [1.82, 2.24) is 25.0 Å². The van der Waals surface area contributed by atoms with E-state index in [-0.39, 0.29) is 29.9 Å². The van der Waals surface area contributed by atoms with Gasteiger partial charge in [-0.1, -0.05) is 24.3 Å². The minimum Gasteiger partial charge on any atom is -0.352 e. The van der Waals surface area contributed by atoms with E-state index in [2.05, 4.69) is 26.4 Å². The highest BCUT2D eigenvalue weighted by molar-refractivity contribution is 5.80. The summed E-state index contributed by atoms with van der Waals surface area (Å²) in [6.07, 6.45) is 0.451. The van der Waals surface area contributed by atoms with Crippen LogP contribution in [0, 0.1) is 6.92 Å². The van der Waals surface area contributed by atoms with Gasteiger partial charge in [-0.3, -0.25) is 24.2 Å². The fraction of sp³-hybridized carbons (Fsp3) is 0.381. The number of aryl methyl sites for hydroxylation is 2. The summed E-state index contributed by atoms with van der Waals surface area (Å²) in [5.41, 5.74) is 3.27. The maximum Gasteiger partial charge on any atom is 0.273 e. The number of nitrogens with zero attached hydrogens (tertiary/aromatic N) is 2. The molecule has 2 heterocycles. The molecule has 154 valence electrons. The van der Waals surface area contributed by atoms with Crippen molar-refractivity contribution in [1.29, 1.82) is 0 Å². The van der Waals surface area contributed by atoms with E-state index in [0.29, 0.717) is 28.7 Å². The largest absolute Gasteiger partial charge is 0.352 e. The predicted octanol–water partition coefficient (Wildman–Crippen LogP) is 1.17. The minimum atomic E-state index is -0.270. The summed E-state index contributed by atoms with van der Waals surface area (Å²) in [6.45, 7) is 2.99. The Kier molecular flexibility index (Phi) is 6.03. The summed E-state index contributed by atoms with van der Waals surface area (Å²) in [6, 6.07) is 8.00. The van der Waals surface area contributed by atoms with E-state index in [1.54, 1.807) is 14.0 Å². The van der Waals surface area contributed by atoms with Gasteiger partial charge in [-0.25, -0.2) is 0 Å². The molecule has 0 bridgehead atoms. The first kappa shape index (κ1) is 20.6. The normalized spacial score (nSPS) is 11.3. The highest BCUT2D eigenvalue weighted by atomic mass is 16.2. The number of pyridine rings is 1. The Bertz CT molecular complexity index is 1150. The minimum absolute atomic E-state index is 0.134. The molecule has 29 heavy (non-hydrogen) atoms. The number of H-pyrrole nitrogens is 2. The van der Waals surface area contributed by atoms with E-state index < -0.39 is 0 Å². The van der Waals surface area contributed by atoms with Crippen LogP contribution in [-0.2, 0) is 31.4 Å². The molecule has 3 rings (SSSR count). The molecule has 3 N–H and O–H groups in total. The van der Waals surface area contributed by atoms with Crippen LogP contribution >= 0.6 is 0 Å². The van der Waals surface area contributed by atoms with Gasteiger partial charge in [-0.05, 0) is 44.1 Å². The van der Waals surface area contributed by atoms with Crippen LogP contribution < -0.4 is 16.4 Å². The topological polar surface area (TPSA) is 103 Å². The van der Waals surface area contributed by atoms with Crippen LogP contribution in [0.5, 0.6) is 0 Å². The van der Waals surface area contributed by atoms with Crippen molar-refractivity contribution in [3.63, 3.8) is 0 Å². The number of carbonyl (C=O) groups excluding carboxylic acids is 1. The van der Waals surface area contributed by atoms with E-state index >= 15 is 0 Å². The van der Waals surface area contributed by atoms with E-state index in [1.807, 2.05) is 32.3 Å². The number of aromatic nitrogens is 3. The quantitative estimate of drug-likeness (QED) is 0.557. The van der Waals surface area contributed by atoms with E-state index in [0.717, 1.165) is 12.1 Å². The number of benzene rings is 1. The first-order valence-electron chi connectivity index (χ1n) is 9.56. The Labute approximate surface area is 168 Å². The second kappa shape index (κ2) is 8.48. The van der Waals surface area contributed by atoms with Crippen molar-refractivity contribution in [3.05, 3.63) is 67.2 Å². The molecule has 0 aliphatic heterocycles. The molecule has 2 aromatic heterocycles. The van der Waals surface area contributed by atoms with Gasteiger partial charge in [0.15, 0.2) is 0 Å². The molecule has 0 radical (unpaired) electrons. The zero-order chi connectivity index (χ0) is 21.1. The van der Waals surface area contributed by atoms with Crippen LogP contribution in [0.3, 0.4) is 0 Å². The second-order valence-electron chi connectivity index (χ2n) is 7.56. The highest BCUT2D eigenvalue weighted by Gasteiger charge is 2.16. The number of carbonyl (C=O) groups is 1. The maximum absolute atomic E-state index is 12.4. The molecule has 8 heteroatoms. The van der Waals surface area contributed by atoms with Crippen LogP contribution in [0.4, 0.5) is 0 Å². The fourth-order valence-corrected chi connectivity index (χ4v) is 3.58. The second-order valence-corrected chi connectivity index (χ2v) is 7.56. The van der Waals surface area contributed by atoms with Gasteiger partial charge in [0, 0.05) is 32.1 Å². The fourth-order valence-electron chi connectivity index (χ4n) is 3.58. The van der Waals surface area contributed by atoms with Crippen molar-refractivity contribution >= 4 is 16.9 Å². The third kappa shape index (κ3) is 4.48. The third-order valence-corrected chi connectivity index (χ3v) is 5.09. The monoisotopic (exact) mass is 397 g/mol. The van der Waals surface area contributed by atoms with Gasteiger partial charge in [0.2, 0.25) is 5.91 Å². The van der Waals surface area contributed by atoms with Crippen LogP contribution in [0.15, 0.2) is 33.9 Å². The van der Waals surface area contributed by atoms with Crippen molar-refractivity contribution < 1.29 is 4.79 Å². The molecule has 0 unspecified atom stereocenters. The summed E-state index contributed by atoms with van der Waals surface area (Å²) in [7, 11) is 5.67. The summed E-state index contributed by atoms with van der Waals surface area (Å²) >= 11 is 0. The lowest BCUT2D eigenvalue weighted by Crippen LogP contribution is -2.26. The summed E-state index contributed by atoms with van der Waals surface area (Å²) < 4.78 is 1.49. The van der Waals surface area contributed by atoms with Gasteiger partial charge in [0.05, 0.1) is 5.39 Å². The Morgan fingerprint density at radius 3 is 2.52 bits per heavy atom. The molecule has 0 aliphatic rings. The first-order valence-corrected chi connectivity index (χ1v) is 9.56. The van der Waals surface area contributed by atoms with Crippen molar-refractivity contribution in [2.45, 2.75) is 32.9 Å². The highest BCUT2D eigenvalue weighted by Crippen LogP contribution is 2.14. The lowest BCUT2D eigenvalue weighted by Gasteiger charge is -2.14. The first-order chi connectivity index (χ1) is 13.8. The van der Waals surface area contributed by atoms with E-state index in [9.17, 15) is 14.4 Å². The van der Waals surface area contributed by atoms with E-state index in [1.165, 1.54) is 10.2 Å². The smallest absolute Gasteiger partial charge is 0.273 e. The molecule has 1 amide bonds. The van der Waals surface area contributed by atoms with Gasteiger partial charge in [-0.2, -0.15) is 0 Å². The molecule has 0 saturated heterocycles. The molecule has 3 aromatic rings. The Balaban J connectivity index is 1.69. The average Bonchev–Trinajstić information content (AvgIpc) is 2.94. The van der Waals surface area contributed by atoms with E-state index in [4.69, 9.17) is 0 Å². The number of fused-ring (bicyclic) bond motifs is 1. The molecule has 0 spiro atoms. The Morgan fingerprint density at radius 1 is 1.14 bits per heavy atom. The molecule has 0 fully saturated rings. The van der Waals surface area contributed by atoms with Crippen LogP contribution in [0.2, 0.25) is 0 Å². The number of hydrogen-bond donors (Lipinski definition) is 3. The van der Waals surface area contributed by atoms with Gasteiger partial charge in [0.1, 0.15) is 5.65 Å². The lowest BCUT2D eigenvalue weighted by molar-refractivity contribution is -0.121. The van der Waals surface area contributed by atoms with Gasteiger partial charge < -0.3 is 15.2 Å². The number of nitrogens with one attached hydrogen (secondary N) is 3. The molecule has 1 aromatic carbocycles. The molecule has 0 atom stereocenters. The summed E-state index contributed by atoms with van der Waals surface area (Å²) in [5, 5.41) is 6.03. The van der Waals surface area contributed by atoms with Gasteiger partial charge in [-0.15, -0.1) is 0 Å². The van der Waals surface area contributed by atoms with Crippen molar-refractivity contribution in [2.75, 3.05) is 14.1 Å². The number of aromatic amines is 2. The third-order valence-electron chi connectivity index (χ3n) is 5.09. The molecule has 0 aliphatic carbocycles. The van der Waals surface area contributed by atoms with Crippen molar-refractivity contribution in [2.24, 2.45) is 7.05 Å². The maximum atomic E-state index is 12.4. The lowest BCUT2D eigenvalue weighted by atomic mass is 10.0. The Morgan fingerprint density at radius 2 is 1.83 bits per heavy atom. The van der Waals surface area contributed by atoms with Crippen LogP contribution in [0.1, 0.15) is 28.7 Å². The molecular formula is C21H27N5O3. The van der Waals surface area contributed by atoms with Crippen LogP contribution in [0.25, 0.3) is 11.0 Å². The standard InChI is InChI=1S/C21H27N5O3/c1-13-16(20(28)23-19-18(13)21(29)24-26(19)4)9-10-17(27)22-11-14-7-5-6-8-15(14)12-25(2)3/h5-8H,9-12H2,1-4H3,(H,22,27)(H,23,28)(H,24,29). The number of amides is 1. The zero-order valence-corrected chi connectivity index (χ0v) is 17.3. The zero-order valence-electron chi connectivity index (χ0n) is 17.3. The average molecular weight is 397 g/mol. The Hall–Kier alpha value is -3.13. The molecule has 0 saturated carbocycles. The predicted molar refractivity (Wildman–Crippen MR) is 113 cm³/mol. The molecule has 8 nitrogen and oxygen atoms in total. The number of hydrogen-bond acceptors (Lipinski definition) is 4.